The summed E-state index contributed by atoms with van der Waals surface area (Å²) in [6.45, 7) is 1.41. The molecule has 0 radical (unpaired) electrons. The van der Waals surface area contributed by atoms with Crippen LogP contribution in [0.15, 0.2) is 0 Å². The lowest BCUT2D eigenvalue weighted by Gasteiger charge is -2.17. The quantitative estimate of drug-likeness (QED) is 0.388. The third kappa shape index (κ3) is 4.80. The predicted molar refractivity (Wildman–Crippen MR) is 33.2 cm³/mol. The second-order valence-corrected chi connectivity index (χ2v) is 1.31. The Hall–Kier alpha value is 0.646. The van der Waals surface area contributed by atoms with Gasteiger partial charge in [-0.1, -0.05) is 0 Å². The monoisotopic (exact) mass is 132 g/mol. The summed E-state index contributed by atoms with van der Waals surface area (Å²) < 4.78 is 8.84. The molecule has 0 aliphatic rings. The molecular formula is C4H12MgO3. The van der Waals surface area contributed by atoms with Crippen LogP contribution in [0.5, 0.6) is 0 Å². The molecule has 0 heterocycles. The summed E-state index contributed by atoms with van der Waals surface area (Å²) in [5.41, 5.74) is 0. The number of methoxy groups -OCH3 is 2. The van der Waals surface area contributed by atoms with E-state index in [1.807, 2.05) is 0 Å². The van der Waals surface area contributed by atoms with Gasteiger partial charge in [-0.25, -0.2) is 0 Å². The molecule has 0 spiro atoms. The fourth-order valence-electron chi connectivity index (χ4n) is 0.0833. The molecule has 0 fully saturated rings. The number of aliphatic hydroxyl groups is 1. The van der Waals surface area contributed by atoms with Crippen LogP contribution in [0.1, 0.15) is 6.92 Å². The Morgan fingerprint density at radius 1 is 1.25 bits per heavy atom. The first-order valence-corrected chi connectivity index (χ1v) is 1.95. The molecular weight excluding hydrogens is 120 g/mol. The first kappa shape index (κ1) is 11.4. The molecule has 3 nitrogen and oxygen atoms in total. The summed E-state index contributed by atoms with van der Waals surface area (Å²) in [5, 5.41) is 8.69. The van der Waals surface area contributed by atoms with Crippen molar-refractivity contribution in [1.82, 2.24) is 0 Å². The van der Waals surface area contributed by atoms with Crippen molar-refractivity contribution >= 4 is 23.1 Å². The van der Waals surface area contributed by atoms with E-state index in [1.165, 1.54) is 21.1 Å². The van der Waals surface area contributed by atoms with Gasteiger partial charge in [-0.05, 0) is 0 Å². The molecule has 8 heavy (non-hydrogen) atoms. The lowest BCUT2D eigenvalue weighted by atomic mass is 10.7. The summed E-state index contributed by atoms with van der Waals surface area (Å²) in [4.78, 5) is 0. The largest absolute Gasteiger partial charge is 0.344 e. The molecule has 0 aliphatic carbocycles. The number of rotatable bonds is 2. The van der Waals surface area contributed by atoms with Gasteiger partial charge in [-0.3, -0.25) is 0 Å². The first-order chi connectivity index (χ1) is 3.12. The predicted octanol–water partition coefficient (Wildman–Crippen LogP) is -0.971. The fourth-order valence-corrected chi connectivity index (χ4v) is 0.0833. The molecule has 0 amide bonds. The van der Waals surface area contributed by atoms with E-state index in [0.29, 0.717) is 0 Å². The van der Waals surface area contributed by atoms with Gasteiger partial charge in [0, 0.05) is 21.1 Å². The highest BCUT2D eigenvalue weighted by Crippen LogP contribution is 2.01. The molecule has 0 saturated carbocycles. The maximum atomic E-state index is 8.69. The van der Waals surface area contributed by atoms with Crippen molar-refractivity contribution in [2.45, 2.75) is 12.9 Å². The van der Waals surface area contributed by atoms with Crippen molar-refractivity contribution in [3.63, 3.8) is 0 Å². The third-order valence-electron chi connectivity index (χ3n) is 0.757. The lowest BCUT2D eigenvalue weighted by molar-refractivity contribution is -0.326. The Morgan fingerprint density at radius 2 is 1.50 bits per heavy atom. The Bertz CT molecular complexity index is 49.2. The maximum absolute atomic E-state index is 8.69. The Balaban J connectivity index is 0. The smallest absolute Gasteiger partial charge is 0.316 e. The van der Waals surface area contributed by atoms with Gasteiger partial charge in [0.25, 0.3) is 5.97 Å². The highest BCUT2D eigenvalue weighted by atomic mass is 24.3. The van der Waals surface area contributed by atoms with Gasteiger partial charge in [0.1, 0.15) is 0 Å². The minimum absolute atomic E-state index is 0. The van der Waals surface area contributed by atoms with Crippen LogP contribution in [-0.2, 0) is 9.47 Å². The van der Waals surface area contributed by atoms with Gasteiger partial charge >= 0.3 is 23.1 Å². The van der Waals surface area contributed by atoms with E-state index < -0.39 is 5.97 Å². The zero-order chi connectivity index (χ0) is 5.91. The summed E-state index contributed by atoms with van der Waals surface area (Å²) in [6, 6.07) is 0. The number of hydrogen-bond donors (Lipinski definition) is 1. The van der Waals surface area contributed by atoms with Crippen molar-refractivity contribution in [2.24, 2.45) is 0 Å². The summed E-state index contributed by atoms with van der Waals surface area (Å²) in [5.74, 6) is -1.42. The van der Waals surface area contributed by atoms with Crippen LogP contribution in [0.4, 0.5) is 0 Å². The lowest BCUT2D eigenvalue weighted by Crippen LogP contribution is -2.28. The van der Waals surface area contributed by atoms with E-state index in [0.717, 1.165) is 0 Å². The second-order valence-electron chi connectivity index (χ2n) is 1.31. The van der Waals surface area contributed by atoms with Crippen LogP contribution >= 0.6 is 0 Å². The topological polar surface area (TPSA) is 38.7 Å². The molecule has 0 aromatic heterocycles. The highest BCUT2D eigenvalue weighted by Gasteiger charge is 2.15. The van der Waals surface area contributed by atoms with E-state index in [4.69, 9.17) is 5.11 Å². The average Bonchev–Trinajstić information content (AvgIpc) is 1.68. The SMILES string of the molecule is COC(C)(O)OC.[MgH2]. The molecule has 0 rings (SSSR count). The average molecular weight is 132 g/mol. The van der Waals surface area contributed by atoms with Crippen molar-refractivity contribution in [2.75, 3.05) is 14.2 Å². The molecule has 0 atom stereocenters. The van der Waals surface area contributed by atoms with Crippen LogP contribution in [0.3, 0.4) is 0 Å². The van der Waals surface area contributed by atoms with E-state index in [2.05, 4.69) is 9.47 Å². The molecule has 48 valence electrons. The molecule has 4 heteroatoms. The summed E-state index contributed by atoms with van der Waals surface area (Å²) in [6.07, 6.45) is 0. The maximum Gasteiger partial charge on any atom is 0.316 e. The van der Waals surface area contributed by atoms with Crippen LogP contribution in [0.2, 0.25) is 0 Å². The highest BCUT2D eigenvalue weighted by molar-refractivity contribution is 5.75. The third-order valence-corrected chi connectivity index (χ3v) is 0.757. The van der Waals surface area contributed by atoms with Gasteiger partial charge in [-0.2, -0.15) is 0 Å². The van der Waals surface area contributed by atoms with Crippen molar-refractivity contribution in [1.29, 1.82) is 0 Å². The van der Waals surface area contributed by atoms with Crippen LogP contribution < -0.4 is 0 Å². The van der Waals surface area contributed by atoms with Gasteiger partial charge in [-0.15, -0.1) is 0 Å². The van der Waals surface area contributed by atoms with E-state index >= 15 is 0 Å². The number of ether oxygens (including phenoxy) is 2. The molecule has 0 aliphatic heterocycles. The van der Waals surface area contributed by atoms with Gasteiger partial charge in [0.05, 0.1) is 0 Å². The molecule has 0 aromatic carbocycles. The van der Waals surface area contributed by atoms with Crippen LogP contribution in [0, 0.1) is 0 Å². The zero-order valence-corrected chi connectivity index (χ0v) is 4.76. The Kier molecular flexibility index (Phi) is 6.46. The van der Waals surface area contributed by atoms with Crippen molar-refractivity contribution in [3.05, 3.63) is 0 Å². The molecule has 0 saturated heterocycles. The van der Waals surface area contributed by atoms with Gasteiger partial charge in [0.15, 0.2) is 0 Å². The van der Waals surface area contributed by atoms with E-state index in [-0.39, 0.29) is 23.1 Å². The Morgan fingerprint density at radius 3 is 1.50 bits per heavy atom. The summed E-state index contributed by atoms with van der Waals surface area (Å²) >= 11 is 0. The minimum atomic E-state index is -1.42. The van der Waals surface area contributed by atoms with E-state index in [1.54, 1.807) is 0 Å². The first-order valence-electron chi connectivity index (χ1n) is 1.95. The summed E-state index contributed by atoms with van der Waals surface area (Å²) in [7, 11) is 2.73. The molecule has 1 N–H and O–H groups in total. The van der Waals surface area contributed by atoms with Crippen LogP contribution in [-0.4, -0.2) is 48.4 Å². The fraction of sp³-hybridized carbons (Fsp3) is 1.00. The zero-order valence-electron chi connectivity index (χ0n) is 4.76. The second kappa shape index (κ2) is 4.52. The van der Waals surface area contributed by atoms with Crippen molar-refractivity contribution in [3.8, 4) is 0 Å². The molecule has 0 aromatic rings. The molecule has 0 unspecified atom stereocenters. The standard InChI is InChI=1S/C4H10O3.Mg.2H/c1-4(5,6-2)7-3;;;/h5H,1-3H3;;;. The van der Waals surface area contributed by atoms with E-state index in [9.17, 15) is 0 Å². The van der Waals surface area contributed by atoms with Crippen molar-refractivity contribution < 1.29 is 14.6 Å². The molecule has 0 bridgehead atoms. The normalized spacial score (nSPS) is 10.5. The van der Waals surface area contributed by atoms with Gasteiger partial charge < -0.3 is 14.6 Å². The van der Waals surface area contributed by atoms with Gasteiger partial charge in [0.2, 0.25) is 0 Å². The Labute approximate surface area is 65.1 Å². The minimum Gasteiger partial charge on any atom is -0.344 e. The van der Waals surface area contributed by atoms with Crippen LogP contribution in [0.25, 0.3) is 0 Å². The number of hydrogen-bond acceptors (Lipinski definition) is 3.